The molecule has 1 aromatic heterocycles. The number of hydrogen-bond acceptors (Lipinski definition) is 3. The van der Waals surface area contributed by atoms with E-state index in [9.17, 15) is 4.79 Å². The summed E-state index contributed by atoms with van der Waals surface area (Å²) >= 11 is 12.4. The van der Waals surface area contributed by atoms with E-state index in [0.29, 0.717) is 34.5 Å². The van der Waals surface area contributed by atoms with Gasteiger partial charge in [0.15, 0.2) is 0 Å². The molecule has 0 saturated heterocycles. The molecular formula is C25H20Cl2N2O3. The minimum atomic E-state index is -0.419. The van der Waals surface area contributed by atoms with Crippen molar-refractivity contribution in [1.29, 1.82) is 0 Å². The summed E-state index contributed by atoms with van der Waals surface area (Å²) < 4.78 is 10.9. The predicted octanol–water partition coefficient (Wildman–Crippen LogP) is 6.63. The number of fused-ring (bicyclic) bond motifs is 3. The Labute approximate surface area is 195 Å². The number of carbonyl (C=O) groups excluding carboxylic acids is 1. The van der Waals surface area contributed by atoms with Gasteiger partial charge in [0, 0.05) is 33.2 Å². The summed E-state index contributed by atoms with van der Waals surface area (Å²) in [5.41, 5.74) is 4.06. The Hall–Kier alpha value is -3.15. The Kier molecular flexibility index (Phi) is 5.45. The lowest BCUT2D eigenvalue weighted by molar-refractivity contribution is 0.135. The third kappa shape index (κ3) is 3.78. The molecule has 0 saturated carbocycles. The number of halogens is 2. The summed E-state index contributed by atoms with van der Waals surface area (Å²) in [6.07, 6.45) is 0.273. The number of H-pyrrole nitrogens is 1. The highest BCUT2D eigenvalue weighted by atomic mass is 35.5. The number of nitrogens with one attached hydrogen (secondary N) is 1. The van der Waals surface area contributed by atoms with Gasteiger partial charge >= 0.3 is 6.09 Å². The molecule has 3 aromatic carbocycles. The molecule has 4 aromatic rings. The van der Waals surface area contributed by atoms with Gasteiger partial charge in [-0.25, -0.2) is 4.79 Å². The van der Waals surface area contributed by atoms with E-state index in [-0.39, 0.29) is 6.04 Å². The van der Waals surface area contributed by atoms with Crippen LogP contribution < -0.4 is 9.47 Å². The zero-order valence-corrected chi connectivity index (χ0v) is 18.8. The topological polar surface area (TPSA) is 54.6 Å². The lowest BCUT2D eigenvalue weighted by Gasteiger charge is -2.35. The van der Waals surface area contributed by atoms with Gasteiger partial charge < -0.3 is 14.5 Å². The number of carbonyl (C=O) groups is 1. The number of methoxy groups -OCH3 is 1. The second-order valence-corrected chi connectivity index (χ2v) is 8.52. The first kappa shape index (κ1) is 20.7. The van der Waals surface area contributed by atoms with Crippen LogP contribution in [0.2, 0.25) is 10.0 Å². The highest BCUT2D eigenvalue weighted by molar-refractivity contribution is 6.31. The fourth-order valence-electron chi connectivity index (χ4n) is 4.25. The van der Waals surface area contributed by atoms with Crippen molar-refractivity contribution >= 4 is 40.2 Å². The molecule has 0 unspecified atom stereocenters. The molecule has 1 amide bonds. The summed E-state index contributed by atoms with van der Waals surface area (Å²) in [4.78, 5) is 18.5. The lowest BCUT2D eigenvalue weighted by atomic mass is 9.93. The average molecular weight is 467 g/mol. The van der Waals surface area contributed by atoms with Crippen molar-refractivity contribution in [3.63, 3.8) is 0 Å². The van der Waals surface area contributed by atoms with Crippen LogP contribution in [0.5, 0.6) is 11.5 Å². The van der Waals surface area contributed by atoms with E-state index >= 15 is 0 Å². The minimum absolute atomic E-state index is 0.340. The summed E-state index contributed by atoms with van der Waals surface area (Å²) in [6, 6.07) is 19.9. The number of ether oxygens (including phenoxy) is 2. The zero-order chi connectivity index (χ0) is 22.2. The van der Waals surface area contributed by atoms with Crippen molar-refractivity contribution in [3.05, 3.63) is 93.6 Å². The first-order valence-electron chi connectivity index (χ1n) is 10.2. The normalized spacial score (nSPS) is 15.5. The van der Waals surface area contributed by atoms with Gasteiger partial charge in [0.25, 0.3) is 0 Å². The van der Waals surface area contributed by atoms with Crippen molar-refractivity contribution in [1.82, 2.24) is 9.88 Å². The first-order valence-corrected chi connectivity index (χ1v) is 11.0. The largest absolute Gasteiger partial charge is 0.497 e. The molecule has 0 radical (unpaired) electrons. The average Bonchev–Trinajstić information content (AvgIpc) is 3.17. The molecule has 0 fully saturated rings. The van der Waals surface area contributed by atoms with Crippen LogP contribution >= 0.6 is 23.2 Å². The number of aromatic nitrogens is 1. The smallest absolute Gasteiger partial charge is 0.416 e. The fourth-order valence-corrected chi connectivity index (χ4v) is 4.55. The van der Waals surface area contributed by atoms with Gasteiger partial charge in [-0.05, 0) is 72.1 Å². The number of aromatic amines is 1. The van der Waals surface area contributed by atoms with Gasteiger partial charge in [-0.1, -0.05) is 35.3 Å². The van der Waals surface area contributed by atoms with Gasteiger partial charge in [-0.2, -0.15) is 0 Å². The molecule has 1 atom stereocenters. The number of rotatable bonds is 3. The summed E-state index contributed by atoms with van der Waals surface area (Å²) in [6.45, 7) is 0.509. The maximum atomic E-state index is 13.3. The quantitative estimate of drug-likeness (QED) is 0.368. The number of amides is 1. The predicted molar refractivity (Wildman–Crippen MR) is 126 cm³/mol. The van der Waals surface area contributed by atoms with Crippen molar-refractivity contribution in [2.24, 2.45) is 0 Å². The lowest BCUT2D eigenvalue weighted by Crippen LogP contribution is -2.42. The maximum Gasteiger partial charge on any atom is 0.416 e. The highest BCUT2D eigenvalue weighted by Gasteiger charge is 2.35. The fraction of sp³-hybridized carbons (Fsp3) is 0.160. The van der Waals surface area contributed by atoms with E-state index in [0.717, 1.165) is 27.7 Å². The number of nitrogens with zero attached hydrogens (tertiary/aromatic N) is 1. The van der Waals surface area contributed by atoms with E-state index < -0.39 is 6.09 Å². The molecule has 162 valence electrons. The molecule has 1 aliphatic rings. The SMILES string of the molecule is COc1ccc(OC(=O)N2CCc3c([nH]c4ccc(Cl)cc34)[C@H]2c2ccc(Cl)cc2)cc1. The van der Waals surface area contributed by atoms with Crippen LogP contribution in [0.25, 0.3) is 10.9 Å². The van der Waals surface area contributed by atoms with Gasteiger partial charge in [0.1, 0.15) is 17.5 Å². The Bertz CT molecular complexity index is 1280. The van der Waals surface area contributed by atoms with E-state index in [1.807, 2.05) is 42.5 Å². The summed E-state index contributed by atoms with van der Waals surface area (Å²) in [7, 11) is 1.59. The van der Waals surface area contributed by atoms with Gasteiger partial charge in [-0.15, -0.1) is 0 Å². The molecule has 1 N–H and O–H groups in total. The zero-order valence-electron chi connectivity index (χ0n) is 17.3. The minimum Gasteiger partial charge on any atom is -0.497 e. The van der Waals surface area contributed by atoms with Crippen molar-refractivity contribution in [3.8, 4) is 11.5 Å². The van der Waals surface area contributed by atoms with E-state index in [1.165, 1.54) is 0 Å². The number of benzene rings is 3. The Balaban J connectivity index is 1.55. The molecule has 0 spiro atoms. The van der Waals surface area contributed by atoms with Crippen LogP contribution in [-0.2, 0) is 6.42 Å². The van der Waals surface area contributed by atoms with Crippen LogP contribution in [0.4, 0.5) is 4.79 Å². The van der Waals surface area contributed by atoms with Crippen LogP contribution in [0.1, 0.15) is 22.9 Å². The highest BCUT2D eigenvalue weighted by Crippen LogP contribution is 2.39. The summed E-state index contributed by atoms with van der Waals surface area (Å²) in [5, 5.41) is 2.40. The second kappa shape index (κ2) is 8.41. The van der Waals surface area contributed by atoms with E-state index in [1.54, 1.807) is 36.3 Å². The molecule has 32 heavy (non-hydrogen) atoms. The van der Waals surface area contributed by atoms with Crippen LogP contribution in [0.15, 0.2) is 66.7 Å². The molecule has 0 aliphatic carbocycles. The first-order chi connectivity index (χ1) is 15.5. The van der Waals surface area contributed by atoms with Crippen LogP contribution in [0.3, 0.4) is 0 Å². The monoisotopic (exact) mass is 466 g/mol. The maximum absolute atomic E-state index is 13.3. The van der Waals surface area contributed by atoms with E-state index in [2.05, 4.69) is 4.98 Å². The molecule has 7 heteroatoms. The third-order valence-corrected chi connectivity index (χ3v) is 6.26. The van der Waals surface area contributed by atoms with Gasteiger partial charge in [0.2, 0.25) is 0 Å². The Morgan fingerprint density at radius 2 is 1.66 bits per heavy atom. The number of hydrogen-bond donors (Lipinski definition) is 1. The molecule has 5 nitrogen and oxygen atoms in total. The van der Waals surface area contributed by atoms with Crippen molar-refractivity contribution in [2.45, 2.75) is 12.5 Å². The van der Waals surface area contributed by atoms with Crippen molar-refractivity contribution in [2.75, 3.05) is 13.7 Å². The molecule has 5 rings (SSSR count). The molecule has 2 heterocycles. The van der Waals surface area contributed by atoms with Crippen LogP contribution in [-0.4, -0.2) is 29.6 Å². The molecular weight excluding hydrogens is 447 g/mol. The molecule has 0 bridgehead atoms. The van der Waals surface area contributed by atoms with E-state index in [4.69, 9.17) is 32.7 Å². The molecule has 1 aliphatic heterocycles. The Morgan fingerprint density at radius 1 is 0.969 bits per heavy atom. The van der Waals surface area contributed by atoms with Crippen LogP contribution in [0, 0.1) is 0 Å². The summed E-state index contributed by atoms with van der Waals surface area (Å²) in [5.74, 6) is 1.16. The van der Waals surface area contributed by atoms with Crippen molar-refractivity contribution < 1.29 is 14.3 Å². The van der Waals surface area contributed by atoms with Gasteiger partial charge in [0.05, 0.1) is 7.11 Å². The third-order valence-electron chi connectivity index (χ3n) is 5.77. The standard InChI is InChI=1S/C25H20Cl2N2O3/c1-31-18-7-9-19(10-8-18)32-25(30)29-13-12-20-21-14-17(27)6-11-22(21)28-23(20)24(29)15-2-4-16(26)5-3-15/h2-11,14,24,28H,12-13H2,1H3/t24-/m1/s1. The second-order valence-electron chi connectivity index (χ2n) is 7.65. The Morgan fingerprint density at radius 3 is 2.38 bits per heavy atom. The van der Waals surface area contributed by atoms with Gasteiger partial charge in [-0.3, -0.25) is 4.90 Å².